The summed E-state index contributed by atoms with van der Waals surface area (Å²) < 4.78 is 50.7. The molecule has 0 radical (unpaired) electrons. The summed E-state index contributed by atoms with van der Waals surface area (Å²) in [5.41, 5.74) is 5.24. The summed E-state index contributed by atoms with van der Waals surface area (Å²) in [6, 6.07) is 5.46. The van der Waals surface area contributed by atoms with Crippen molar-refractivity contribution >= 4 is 5.69 Å². The molecule has 2 aromatic rings. The summed E-state index contributed by atoms with van der Waals surface area (Å²) in [6.07, 6.45) is -1.80. The third-order valence-corrected chi connectivity index (χ3v) is 6.38. The highest BCUT2D eigenvalue weighted by atomic mass is 19.4. The summed E-state index contributed by atoms with van der Waals surface area (Å²) in [5.74, 6) is 0.559. The number of hydrogen-bond donors (Lipinski definition) is 1. The van der Waals surface area contributed by atoms with Gasteiger partial charge in [0.2, 0.25) is 0 Å². The van der Waals surface area contributed by atoms with Crippen LogP contribution in [0.4, 0.5) is 18.9 Å². The van der Waals surface area contributed by atoms with E-state index >= 15 is 0 Å². The second kappa shape index (κ2) is 9.17. The zero-order valence-corrected chi connectivity index (χ0v) is 18.5. The van der Waals surface area contributed by atoms with E-state index in [1.165, 1.54) is 7.11 Å². The predicted octanol–water partition coefficient (Wildman–Crippen LogP) is 4.86. The van der Waals surface area contributed by atoms with Crippen molar-refractivity contribution in [1.29, 1.82) is 0 Å². The van der Waals surface area contributed by atoms with E-state index < -0.39 is 12.6 Å². The van der Waals surface area contributed by atoms with Crippen LogP contribution in [-0.2, 0) is 24.1 Å². The maximum absolute atomic E-state index is 12.9. The lowest BCUT2D eigenvalue weighted by molar-refractivity contribution is -0.135. The van der Waals surface area contributed by atoms with Crippen LogP contribution in [0, 0.1) is 6.92 Å². The van der Waals surface area contributed by atoms with Crippen LogP contribution in [0.1, 0.15) is 42.4 Å². The molecular weight excluding hydrogens is 421 g/mol. The van der Waals surface area contributed by atoms with Gasteiger partial charge in [-0.1, -0.05) is 6.07 Å². The van der Waals surface area contributed by atoms with E-state index in [0.717, 1.165) is 53.1 Å². The number of aromatic nitrogens is 1. The highest BCUT2D eigenvalue weighted by Gasteiger charge is 2.27. The number of hydrogen-bond acceptors (Lipinski definition) is 4. The Morgan fingerprint density at radius 1 is 1.28 bits per heavy atom. The standard InChI is InChI=1S/C24H29F3N2O3/c1-15-20(28-14-18-6-4-10-32-18)13-22(30)29-9-7-16-11-17(5-3-8-24(25,26)27)21(31-2)12-19(16)23(15)29/h11-13,18,28H,3-10,14H2,1-2H3. The molecule has 0 aliphatic carbocycles. The Morgan fingerprint density at radius 3 is 2.78 bits per heavy atom. The molecule has 4 rings (SSSR count). The molecule has 3 heterocycles. The molecule has 0 bridgehead atoms. The SMILES string of the molecule is COc1cc2c(cc1CCCC(F)(F)F)CCn1c-2c(C)c(NCC2CCCO2)cc1=O. The number of anilines is 1. The number of pyridine rings is 1. The second-order valence-corrected chi connectivity index (χ2v) is 8.58. The van der Waals surface area contributed by atoms with Gasteiger partial charge in [-0.15, -0.1) is 0 Å². The average molecular weight is 451 g/mol. The molecule has 32 heavy (non-hydrogen) atoms. The van der Waals surface area contributed by atoms with Crippen LogP contribution in [0.2, 0.25) is 0 Å². The van der Waals surface area contributed by atoms with Crippen molar-refractivity contribution in [3.8, 4) is 17.0 Å². The second-order valence-electron chi connectivity index (χ2n) is 8.58. The first-order chi connectivity index (χ1) is 15.3. The first-order valence-corrected chi connectivity index (χ1v) is 11.1. The smallest absolute Gasteiger partial charge is 0.389 e. The zero-order valence-electron chi connectivity index (χ0n) is 18.5. The number of nitrogens with zero attached hydrogens (tertiary/aromatic N) is 1. The van der Waals surface area contributed by atoms with Gasteiger partial charge in [-0.2, -0.15) is 13.2 Å². The van der Waals surface area contributed by atoms with Gasteiger partial charge in [0.05, 0.1) is 18.9 Å². The number of aryl methyl sites for hydroxylation is 2. The largest absolute Gasteiger partial charge is 0.496 e. The van der Waals surface area contributed by atoms with Gasteiger partial charge < -0.3 is 19.4 Å². The van der Waals surface area contributed by atoms with Crippen molar-refractivity contribution in [2.45, 2.75) is 64.3 Å². The van der Waals surface area contributed by atoms with Crippen molar-refractivity contribution < 1.29 is 22.6 Å². The molecule has 5 nitrogen and oxygen atoms in total. The molecule has 2 aliphatic rings. The molecule has 1 aromatic carbocycles. The summed E-state index contributed by atoms with van der Waals surface area (Å²) in [6.45, 7) is 3.96. The summed E-state index contributed by atoms with van der Waals surface area (Å²) in [7, 11) is 1.53. The Bertz CT molecular complexity index is 1040. The van der Waals surface area contributed by atoms with Crippen LogP contribution >= 0.6 is 0 Å². The third-order valence-electron chi connectivity index (χ3n) is 6.38. The number of rotatable bonds is 7. The lowest BCUT2D eigenvalue weighted by Gasteiger charge is -2.27. The van der Waals surface area contributed by atoms with E-state index in [2.05, 4.69) is 5.32 Å². The minimum atomic E-state index is -4.16. The molecule has 1 N–H and O–H groups in total. The van der Waals surface area contributed by atoms with Crippen LogP contribution in [0.5, 0.6) is 5.75 Å². The van der Waals surface area contributed by atoms with E-state index in [4.69, 9.17) is 9.47 Å². The summed E-state index contributed by atoms with van der Waals surface area (Å²) in [4.78, 5) is 12.9. The molecule has 0 saturated carbocycles. The molecule has 0 spiro atoms. The maximum Gasteiger partial charge on any atom is 0.389 e. The first kappa shape index (κ1) is 22.7. The first-order valence-electron chi connectivity index (χ1n) is 11.1. The lowest BCUT2D eigenvalue weighted by atomic mass is 9.90. The minimum Gasteiger partial charge on any atom is -0.496 e. The van der Waals surface area contributed by atoms with Gasteiger partial charge in [0.1, 0.15) is 5.75 Å². The molecule has 1 aromatic heterocycles. The van der Waals surface area contributed by atoms with Gasteiger partial charge in [0, 0.05) is 43.4 Å². The minimum absolute atomic E-state index is 0.0189. The number of ether oxygens (including phenoxy) is 2. The molecule has 2 aliphatic heterocycles. The lowest BCUT2D eigenvalue weighted by Crippen LogP contribution is -2.28. The quantitative estimate of drug-likeness (QED) is 0.654. The van der Waals surface area contributed by atoms with E-state index in [0.29, 0.717) is 31.7 Å². The molecule has 1 fully saturated rings. The molecule has 1 atom stereocenters. The fourth-order valence-corrected chi connectivity index (χ4v) is 4.73. The van der Waals surface area contributed by atoms with Gasteiger partial charge in [0.25, 0.3) is 5.56 Å². The van der Waals surface area contributed by atoms with Crippen LogP contribution in [0.25, 0.3) is 11.3 Å². The Kier molecular flexibility index (Phi) is 6.51. The Labute approximate surface area is 185 Å². The van der Waals surface area contributed by atoms with Gasteiger partial charge >= 0.3 is 6.18 Å². The van der Waals surface area contributed by atoms with E-state index in [-0.39, 0.29) is 18.1 Å². The normalized spacial score (nSPS) is 17.7. The van der Waals surface area contributed by atoms with Crippen molar-refractivity contribution in [3.63, 3.8) is 0 Å². The van der Waals surface area contributed by atoms with E-state index in [9.17, 15) is 18.0 Å². The van der Waals surface area contributed by atoms with Crippen LogP contribution in [0.3, 0.4) is 0 Å². The van der Waals surface area contributed by atoms with E-state index in [1.54, 1.807) is 10.6 Å². The summed E-state index contributed by atoms with van der Waals surface area (Å²) >= 11 is 0. The number of alkyl halides is 3. The monoisotopic (exact) mass is 450 g/mol. The maximum atomic E-state index is 12.9. The van der Waals surface area contributed by atoms with E-state index in [1.807, 2.05) is 19.1 Å². The number of fused-ring (bicyclic) bond motifs is 3. The molecule has 1 saturated heterocycles. The molecular formula is C24H29F3N2O3. The van der Waals surface area contributed by atoms with Crippen molar-refractivity contribution in [3.05, 3.63) is 45.2 Å². The average Bonchev–Trinajstić information content (AvgIpc) is 3.26. The van der Waals surface area contributed by atoms with Gasteiger partial charge in [-0.25, -0.2) is 0 Å². The van der Waals surface area contributed by atoms with Crippen molar-refractivity contribution in [2.24, 2.45) is 0 Å². The third kappa shape index (κ3) is 4.80. The van der Waals surface area contributed by atoms with Gasteiger partial charge in [0.15, 0.2) is 0 Å². The van der Waals surface area contributed by atoms with Gasteiger partial charge in [-0.05, 0) is 61.8 Å². The van der Waals surface area contributed by atoms with Crippen LogP contribution < -0.4 is 15.6 Å². The zero-order chi connectivity index (χ0) is 22.9. The topological polar surface area (TPSA) is 52.5 Å². The van der Waals surface area contributed by atoms with Crippen molar-refractivity contribution in [2.75, 3.05) is 25.6 Å². The number of nitrogens with one attached hydrogen (secondary N) is 1. The predicted molar refractivity (Wildman–Crippen MR) is 118 cm³/mol. The molecule has 174 valence electrons. The molecule has 0 amide bonds. The molecule has 8 heteroatoms. The fraction of sp³-hybridized carbons (Fsp3) is 0.542. The van der Waals surface area contributed by atoms with Crippen LogP contribution in [0.15, 0.2) is 23.0 Å². The molecule has 1 unspecified atom stereocenters. The fourth-order valence-electron chi connectivity index (χ4n) is 4.73. The van der Waals surface area contributed by atoms with Crippen LogP contribution in [-0.4, -0.2) is 37.1 Å². The Hall–Kier alpha value is -2.48. The number of benzene rings is 1. The highest BCUT2D eigenvalue weighted by Crippen LogP contribution is 2.38. The number of methoxy groups -OCH3 is 1. The van der Waals surface area contributed by atoms with Gasteiger partial charge in [-0.3, -0.25) is 4.79 Å². The van der Waals surface area contributed by atoms with Crippen molar-refractivity contribution in [1.82, 2.24) is 4.57 Å². The number of halogens is 3. The highest BCUT2D eigenvalue weighted by molar-refractivity contribution is 5.76. The summed E-state index contributed by atoms with van der Waals surface area (Å²) in [5, 5.41) is 3.38. The Balaban J connectivity index is 1.66. The Morgan fingerprint density at radius 2 is 2.09 bits per heavy atom.